The molecule has 41 heavy (non-hydrogen) atoms. The molecule has 2 radical (unpaired) electrons. The van der Waals surface area contributed by atoms with Gasteiger partial charge in [-0.25, -0.2) is 4.79 Å². The number of benzene rings is 3. The SMILES string of the molecule is CN(CC(=O)O)Cc1cc2c(cc1O)Oc1cc(O)c(CN(C)CC(=O)O)cc1C21OC(=O)c2ccccc21.[Na].[Na]. The molecule has 0 aliphatic carbocycles. The second-order valence-electron chi connectivity index (χ2n) is 9.80. The van der Waals surface area contributed by atoms with Gasteiger partial charge in [0.25, 0.3) is 0 Å². The van der Waals surface area contributed by atoms with E-state index >= 15 is 0 Å². The molecule has 0 atom stereocenters. The van der Waals surface area contributed by atoms with Gasteiger partial charge in [0.15, 0.2) is 5.60 Å². The third kappa shape index (κ3) is 6.13. The molecule has 4 N–H and O–H groups in total. The number of esters is 1. The van der Waals surface area contributed by atoms with Crippen molar-refractivity contribution in [3.05, 3.63) is 81.9 Å². The number of fused-ring (bicyclic) bond motifs is 6. The van der Waals surface area contributed by atoms with E-state index in [1.165, 1.54) is 21.9 Å². The Kier molecular flexibility index (Phi) is 10.2. The minimum Gasteiger partial charge on any atom is -0.507 e. The number of ether oxygens (including phenoxy) is 2. The van der Waals surface area contributed by atoms with Gasteiger partial charge in [-0.2, -0.15) is 0 Å². The van der Waals surface area contributed by atoms with Crippen molar-refractivity contribution >= 4 is 77.0 Å². The molecular formula is C28H26N2Na2O9. The molecule has 5 rings (SSSR count). The van der Waals surface area contributed by atoms with Crippen molar-refractivity contribution in [3.8, 4) is 23.0 Å². The van der Waals surface area contributed by atoms with Crippen LogP contribution in [-0.4, -0.2) is 134 Å². The zero-order valence-corrected chi connectivity index (χ0v) is 27.2. The van der Waals surface area contributed by atoms with E-state index in [2.05, 4.69) is 0 Å². The Morgan fingerprint density at radius 1 is 0.780 bits per heavy atom. The van der Waals surface area contributed by atoms with Gasteiger partial charge in [-0.1, -0.05) is 18.2 Å². The molecule has 11 nitrogen and oxygen atoms in total. The third-order valence-corrected chi connectivity index (χ3v) is 6.80. The number of carboxylic acids is 2. The second kappa shape index (κ2) is 12.7. The molecule has 204 valence electrons. The number of aliphatic carboxylic acids is 2. The van der Waals surface area contributed by atoms with Crippen LogP contribution in [0.4, 0.5) is 0 Å². The smallest absolute Gasteiger partial charge is 0.340 e. The number of hydrogen-bond acceptors (Lipinski definition) is 9. The number of aromatic hydroxyl groups is 2. The summed E-state index contributed by atoms with van der Waals surface area (Å²) < 4.78 is 12.2. The Hall–Kier alpha value is -2.61. The summed E-state index contributed by atoms with van der Waals surface area (Å²) >= 11 is 0. The van der Waals surface area contributed by atoms with Crippen LogP contribution >= 0.6 is 0 Å². The van der Waals surface area contributed by atoms with Gasteiger partial charge >= 0.3 is 17.9 Å². The first-order valence-corrected chi connectivity index (χ1v) is 12.0. The molecule has 0 unspecified atom stereocenters. The van der Waals surface area contributed by atoms with Crippen molar-refractivity contribution < 1.29 is 44.3 Å². The van der Waals surface area contributed by atoms with E-state index in [4.69, 9.17) is 19.7 Å². The van der Waals surface area contributed by atoms with Gasteiger partial charge in [0.1, 0.15) is 23.0 Å². The molecule has 1 spiro atoms. The topological polar surface area (TPSA) is 157 Å². The van der Waals surface area contributed by atoms with E-state index in [1.54, 1.807) is 50.5 Å². The summed E-state index contributed by atoms with van der Waals surface area (Å²) in [6, 6.07) is 12.9. The summed E-state index contributed by atoms with van der Waals surface area (Å²) in [5.74, 6) is -2.50. The van der Waals surface area contributed by atoms with E-state index in [-0.39, 0.29) is 108 Å². The van der Waals surface area contributed by atoms with Gasteiger partial charge in [-0.05, 0) is 32.3 Å². The number of carbonyl (C=O) groups is 3. The average Bonchev–Trinajstić information content (AvgIpc) is 3.13. The summed E-state index contributed by atoms with van der Waals surface area (Å²) in [6.45, 7) is -0.341. The Morgan fingerprint density at radius 2 is 1.24 bits per heavy atom. The third-order valence-electron chi connectivity index (χ3n) is 6.80. The van der Waals surface area contributed by atoms with Crippen LogP contribution in [0.3, 0.4) is 0 Å². The van der Waals surface area contributed by atoms with Crippen LogP contribution in [0.5, 0.6) is 23.0 Å². The zero-order valence-electron chi connectivity index (χ0n) is 23.2. The van der Waals surface area contributed by atoms with E-state index in [9.17, 15) is 24.6 Å². The maximum absolute atomic E-state index is 13.2. The van der Waals surface area contributed by atoms with Crippen molar-refractivity contribution in [2.75, 3.05) is 27.2 Å². The summed E-state index contributed by atoms with van der Waals surface area (Å²) in [5, 5.41) is 39.9. The molecule has 13 heteroatoms. The molecule has 0 fully saturated rings. The number of carboxylic acid groups (broad SMARTS) is 2. The molecule has 0 saturated carbocycles. The Morgan fingerprint density at radius 3 is 1.71 bits per heavy atom. The summed E-state index contributed by atoms with van der Waals surface area (Å²) in [5.41, 5.74) is 0.992. The number of likely N-dealkylation sites (N-methyl/N-ethyl adjacent to an activating group) is 2. The first-order valence-electron chi connectivity index (χ1n) is 12.0. The zero-order chi connectivity index (χ0) is 28.1. The minimum absolute atomic E-state index is 0. The molecule has 2 aliphatic heterocycles. The maximum Gasteiger partial charge on any atom is 0.340 e. The van der Waals surface area contributed by atoms with Gasteiger partial charge in [0.2, 0.25) is 0 Å². The Bertz CT molecular complexity index is 1450. The fraction of sp³-hybridized carbons (Fsp3) is 0.250. The van der Waals surface area contributed by atoms with Crippen molar-refractivity contribution in [3.63, 3.8) is 0 Å². The number of nitrogens with zero attached hydrogens (tertiary/aromatic N) is 2. The molecule has 2 heterocycles. The molecule has 0 saturated heterocycles. The van der Waals surface area contributed by atoms with Crippen molar-refractivity contribution in [2.24, 2.45) is 0 Å². The van der Waals surface area contributed by atoms with Crippen LogP contribution < -0.4 is 4.74 Å². The van der Waals surface area contributed by atoms with Gasteiger partial charge < -0.3 is 29.9 Å². The van der Waals surface area contributed by atoms with Crippen LogP contribution in [-0.2, 0) is 33.0 Å². The van der Waals surface area contributed by atoms with Crippen LogP contribution in [0.25, 0.3) is 0 Å². The second-order valence-corrected chi connectivity index (χ2v) is 9.80. The molecule has 0 amide bonds. The minimum atomic E-state index is -1.50. The summed E-state index contributed by atoms with van der Waals surface area (Å²) in [4.78, 5) is 38.6. The maximum atomic E-state index is 13.2. The van der Waals surface area contributed by atoms with Crippen LogP contribution in [0, 0.1) is 0 Å². The van der Waals surface area contributed by atoms with E-state index < -0.39 is 23.5 Å². The predicted octanol–water partition coefficient (Wildman–Crippen LogP) is 1.94. The van der Waals surface area contributed by atoms with Gasteiger partial charge in [0.05, 0.1) is 18.7 Å². The number of carbonyl (C=O) groups excluding carboxylic acids is 1. The van der Waals surface area contributed by atoms with Gasteiger partial charge in [0, 0.05) is 112 Å². The van der Waals surface area contributed by atoms with Crippen molar-refractivity contribution in [1.29, 1.82) is 0 Å². The number of phenols is 2. The molecule has 2 aliphatic rings. The molecule has 0 bridgehead atoms. The fourth-order valence-corrected chi connectivity index (χ4v) is 5.24. The van der Waals surface area contributed by atoms with Crippen LogP contribution in [0.1, 0.15) is 38.2 Å². The molecule has 3 aromatic rings. The van der Waals surface area contributed by atoms with Gasteiger partial charge in [-0.3, -0.25) is 19.4 Å². The summed E-state index contributed by atoms with van der Waals surface area (Å²) in [6.07, 6.45) is 0. The molecule has 3 aromatic carbocycles. The van der Waals surface area contributed by atoms with E-state index in [1.807, 2.05) is 0 Å². The largest absolute Gasteiger partial charge is 0.507 e. The summed E-state index contributed by atoms with van der Waals surface area (Å²) in [7, 11) is 3.20. The Labute approximate surface area is 279 Å². The first kappa shape index (κ1) is 32.9. The van der Waals surface area contributed by atoms with Gasteiger partial charge in [-0.15, -0.1) is 0 Å². The predicted molar refractivity (Wildman–Crippen MR) is 147 cm³/mol. The van der Waals surface area contributed by atoms with E-state index in [0.717, 1.165) is 0 Å². The fourth-order valence-electron chi connectivity index (χ4n) is 5.24. The van der Waals surface area contributed by atoms with Crippen LogP contribution in [0.2, 0.25) is 0 Å². The van der Waals surface area contributed by atoms with E-state index in [0.29, 0.717) is 33.4 Å². The average molecular weight is 581 g/mol. The number of rotatable bonds is 8. The Balaban J connectivity index is 0.00000231. The molecular weight excluding hydrogens is 554 g/mol. The standard InChI is InChI=1S/C28H26N2O9.2Na/c1-29(13-25(33)34)11-15-7-19-23(9-21(15)31)38-24-10-22(32)16(12-30(2)14-26(35)36)8-20(24)28(19)18-6-4-3-5-17(18)27(37)39-28;;/h3-10,31-32H,11-14H2,1-2H3,(H,33,34)(H,35,36);;. The quantitative estimate of drug-likeness (QED) is 0.228. The normalized spacial score (nSPS) is 13.8. The van der Waals surface area contributed by atoms with Crippen molar-refractivity contribution in [2.45, 2.75) is 18.7 Å². The van der Waals surface area contributed by atoms with Crippen LogP contribution in [0.15, 0.2) is 48.5 Å². The first-order chi connectivity index (χ1) is 18.5. The monoisotopic (exact) mass is 580 g/mol. The molecule has 0 aromatic heterocycles. The number of hydrogen-bond donors (Lipinski definition) is 4. The van der Waals surface area contributed by atoms with Crippen molar-refractivity contribution in [1.82, 2.24) is 9.80 Å². The number of phenolic OH excluding ortho intramolecular Hbond substituents is 2.